The maximum atomic E-state index is 13.3. The largest absolute Gasteiger partial charge is 0.369 e. The molecular formula is C11H13FN2O2. The van der Waals surface area contributed by atoms with Crippen LogP contribution in [0.25, 0.3) is 0 Å². The van der Waals surface area contributed by atoms with Crippen LogP contribution in [0.15, 0.2) is 18.2 Å². The second-order valence-electron chi connectivity index (χ2n) is 4.19. The van der Waals surface area contributed by atoms with Crippen LogP contribution in [0.3, 0.4) is 0 Å². The van der Waals surface area contributed by atoms with Crippen molar-refractivity contribution in [3.63, 3.8) is 0 Å². The molecule has 86 valence electrons. The van der Waals surface area contributed by atoms with Gasteiger partial charge in [-0.25, -0.2) is 0 Å². The van der Waals surface area contributed by atoms with E-state index in [9.17, 15) is 14.5 Å². The number of rotatable bonds is 4. The van der Waals surface area contributed by atoms with Crippen molar-refractivity contribution in [2.75, 3.05) is 18.5 Å². The van der Waals surface area contributed by atoms with Crippen molar-refractivity contribution in [1.82, 2.24) is 0 Å². The second kappa shape index (κ2) is 4.08. The summed E-state index contributed by atoms with van der Waals surface area (Å²) in [7, 11) is 1.76. The number of anilines is 1. The maximum absolute atomic E-state index is 13.3. The minimum Gasteiger partial charge on any atom is -0.369 e. The molecule has 1 aromatic rings. The highest BCUT2D eigenvalue weighted by atomic mass is 19.1. The highest BCUT2D eigenvalue weighted by Gasteiger charge is 2.27. The lowest BCUT2D eigenvalue weighted by Gasteiger charge is -2.18. The van der Waals surface area contributed by atoms with Crippen LogP contribution in [0.1, 0.15) is 12.8 Å². The lowest BCUT2D eigenvalue weighted by Crippen LogP contribution is -2.21. The summed E-state index contributed by atoms with van der Waals surface area (Å²) in [5.74, 6) is -0.169. The molecule has 1 saturated carbocycles. The fourth-order valence-corrected chi connectivity index (χ4v) is 1.78. The molecule has 0 atom stereocenters. The van der Waals surface area contributed by atoms with Crippen LogP contribution in [0, 0.1) is 21.8 Å². The lowest BCUT2D eigenvalue weighted by atomic mass is 10.2. The number of halogens is 1. The number of nitro groups is 1. The molecule has 0 spiro atoms. The summed E-state index contributed by atoms with van der Waals surface area (Å²) in [4.78, 5) is 11.9. The third kappa shape index (κ3) is 2.13. The zero-order valence-corrected chi connectivity index (χ0v) is 9.02. The molecule has 2 rings (SSSR count). The normalized spacial score (nSPS) is 14.9. The van der Waals surface area contributed by atoms with Crippen LogP contribution in [0.2, 0.25) is 0 Å². The van der Waals surface area contributed by atoms with Gasteiger partial charge in [0.15, 0.2) is 0 Å². The van der Waals surface area contributed by atoms with Gasteiger partial charge in [0.1, 0.15) is 5.69 Å². The van der Waals surface area contributed by atoms with Crippen LogP contribution in [-0.4, -0.2) is 18.5 Å². The number of para-hydroxylation sites is 1. The molecule has 1 aliphatic carbocycles. The van der Waals surface area contributed by atoms with Crippen LogP contribution in [0.4, 0.5) is 15.8 Å². The smallest absolute Gasteiger partial charge is 0.327 e. The lowest BCUT2D eigenvalue weighted by molar-refractivity contribution is -0.386. The van der Waals surface area contributed by atoms with Gasteiger partial charge >= 0.3 is 5.69 Å². The molecule has 0 heterocycles. The average Bonchev–Trinajstić information content (AvgIpc) is 3.00. The SMILES string of the molecule is CN(CC1CC1)c1cccc(F)c1[N+](=O)[O-]. The van der Waals surface area contributed by atoms with Crippen molar-refractivity contribution in [2.45, 2.75) is 12.8 Å². The molecule has 4 nitrogen and oxygen atoms in total. The molecular weight excluding hydrogens is 211 g/mol. The molecule has 1 fully saturated rings. The Morgan fingerprint density at radius 2 is 2.25 bits per heavy atom. The molecule has 0 saturated heterocycles. The summed E-state index contributed by atoms with van der Waals surface area (Å²) in [6.45, 7) is 0.754. The monoisotopic (exact) mass is 224 g/mol. The predicted molar refractivity (Wildman–Crippen MR) is 59.0 cm³/mol. The van der Waals surface area contributed by atoms with Crippen molar-refractivity contribution in [3.05, 3.63) is 34.1 Å². The third-order valence-electron chi connectivity index (χ3n) is 2.79. The Morgan fingerprint density at radius 3 is 2.81 bits per heavy atom. The summed E-state index contributed by atoms with van der Waals surface area (Å²) >= 11 is 0. The van der Waals surface area contributed by atoms with E-state index < -0.39 is 16.4 Å². The fourth-order valence-electron chi connectivity index (χ4n) is 1.78. The first-order chi connectivity index (χ1) is 7.59. The predicted octanol–water partition coefficient (Wildman–Crippen LogP) is 2.58. The van der Waals surface area contributed by atoms with Crippen molar-refractivity contribution < 1.29 is 9.31 Å². The Bertz CT molecular complexity index is 418. The van der Waals surface area contributed by atoms with Gasteiger partial charge in [-0.15, -0.1) is 0 Å². The molecule has 0 N–H and O–H groups in total. The maximum Gasteiger partial charge on any atom is 0.327 e. The van der Waals surface area contributed by atoms with E-state index in [0.717, 1.165) is 25.5 Å². The number of hydrogen-bond donors (Lipinski definition) is 0. The van der Waals surface area contributed by atoms with Crippen molar-refractivity contribution >= 4 is 11.4 Å². The Morgan fingerprint density at radius 1 is 1.56 bits per heavy atom. The van der Waals surface area contributed by atoms with E-state index in [1.54, 1.807) is 18.0 Å². The van der Waals surface area contributed by atoms with Crippen LogP contribution >= 0.6 is 0 Å². The molecule has 0 aliphatic heterocycles. The van der Waals surface area contributed by atoms with Gasteiger partial charge in [-0.05, 0) is 30.9 Å². The van der Waals surface area contributed by atoms with E-state index >= 15 is 0 Å². The van der Waals surface area contributed by atoms with E-state index in [-0.39, 0.29) is 0 Å². The number of nitro benzene ring substituents is 1. The van der Waals surface area contributed by atoms with Gasteiger partial charge in [-0.2, -0.15) is 4.39 Å². The summed E-state index contributed by atoms with van der Waals surface area (Å²) in [5, 5.41) is 10.8. The van der Waals surface area contributed by atoms with Gasteiger partial charge in [0.2, 0.25) is 5.82 Å². The highest BCUT2D eigenvalue weighted by molar-refractivity contribution is 5.63. The van der Waals surface area contributed by atoms with Crippen molar-refractivity contribution in [3.8, 4) is 0 Å². The first-order valence-corrected chi connectivity index (χ1v) is 5.23. The Balaban J connectivity index is 2.30. The number of nitrogens with zero attached hydrogens (tertiary/aromatic N) is 2. The molecule has 0 amide bonds. The van der Waals surface area contributed by atoms with Gasteiger partial charge in [0.05, 0.1) is 4.92 Å². The van der Waals surface area contributed by atoms with E-state index in [4.69, 9.17) is 0 Å². The average molecular weight is 224 g/mol. The van der Waals surface area contributed by atoms with Gasteiger partial charge in [0, 0.05) is 13.6 Å². The van der Waals surface area contributed by atoms with Gasteiger partial charge in [0.25, 0.3) is 0 Å². The van der Waals surface area contributed by atoms with Crippen LogP contribution < -0.4 is 4.90 Å². The van der Waals surface area contributed by atoms with Gasteiger partial charge in [-0.1, -0.05) is 6.07 Å². The zero-order chi connectivity index (χ0) is 11.7. The summed E-state index contributed by atoms with van der Waals surface area (Å²) in [6.07, 6.45) is 2.32. The van der Waals surface area contributed by atoms with Gasteiger partial charge < -0.3 is 4.90 Å². The minimum absolute atomic E-state index is 0.358. The minimum atomic E-state index is -0.773. The number of benzene rings is 1. The molecule has 0 aromatic heterocycles. The Hall–Kier alpha value is -1.65. The quantitative estimate of drug-likeness (QED) is 0.583. The Kier molecular flexibility index (Phi) is 2.77. The molecule has 1 aromatic carbocycles. The number of hydrogen-bond acceptors (Lipinski definition) is 3. The van der Waals surface area contributed by atoms with Crippen molar-refractivity contribution in [2.24, 2.45) is 5.92 Å². The third-order valence-corrected chi connectivity index (χ3v) is 2.79. The molecule has 0 radical (unpaired) electrons. The zero-order valence-electron chi connectivity index (χ0n) is 9.02. The van der Waals surface area contributed by atoms with Crippen molar-refractivity contribution in [1.29, 1.82) is 0 Å². The Labute approximate surface area is 92.8 Å². The fraction of sp³-hybridized carbons (Fsp3) is 0.455. The topological polar surface area (TPSA) is 46.4 Å². The molecule has 16 heavy (non-hydrogen) atoms. The van der Waals surface area contributed by atoms with Crippen LogP contribution in [0.5, 0.6) is 0 Å². The molecule has 1 aliphatic rings. The highest BCUT2D eigenvalue weighted by Crippen LogP contribution is 2.34. The van der Waals surface area contributed by atoms with Crippen LogP contribution in [-0.2, 0) is 0 Å². The first kappa shape index (κ1) is 10.9. The molecule has 5 heteroatoms. The van der Waals surface area contributed by atoms with E-state index in [1.807, 2.05) is 0 Å². The van der Waals surface area contributed by atoms with Gasteiger partial charge in [-0.3, -0.25) is 10.1 Å². The molecule has 0 unspecified atom stereocenters. The van der Waals surface area contributed by atoms with E-state index in [1.165, 1.54) is 6.07 Å². The van der Waals surface area contributed by atoms with E-state index in [2.05, 4.69) is 0 Å². The van der Waals surface area contributed by atoms with E-state index in [0.29, 0.717) is 11.6 Å². The summed E-state index contributed by atoms with van der Waals surface area (Å²) < 4.78 is 13.3. The first-order valence-electron chi connectivity index (χ1n) is 5.23. The molecule has 0 bridgehead atoms. The summed E-state index contributed by atoms with van der Waals surface area (Å²) in [6, 6.07) is 4.21. The standard InChI is InChI=1S/C11H13FN2O2/c1-13(7-8-5-6-8)10-4-2-3-9(12)11(10)14(15)16/h2-4,8H,5-7H2,1H3. The summed E-state index contributed by atoms with van der Waals surface area (Å²) in [5.41, 5.74) is -0.0671. The second-order valence-corrected chi connectivity index (χ2v) is 4.19.